The minimum atomic E-state index is -0.227. The zero-order valence-corrected chi connectivity index (χ0v) is 13.3. The van der Waals surface area contributed by atoms with Crippen molar-refractivity contribution in [2.45, 2.75) is 46.7 Å². The van der Waals surface area contributed by atoms with E-state index in [1.54, 1.807) is 0 Å². The van der Waals surface area contributed by atoms with Gasteiger partial charge in [-0.25, -0.2) is 0 Å². The molecule has 3 nitrogen and oxygen atoms in total. The smallest absolute Gasteiger partial charge is 0.0683 e. The van der Waals surface area contributed by atoms with Gasteiger partial charge >= 0.3 is 0 Å². The Labute approximate surface area is 127 Å². The number of aromatic nitrogens is 1. The molecule has 0 atom stereocenters. The third kappa shape index (κ3) is 3.86. The Kier molecular flexibility index (Phi) is 5.03. The Morgan fingerprint density at radius 2 is 2.10 bits per heavy atom. The number of para-hydroxylation sites is 1. The fourth-order valence-electron chi connectivity index (χ4n) is 2.68. The van der Waals surface area contributed by atoms with Crippen LogP contribution in [0.2, 0.25) is 0 Å². The number of nitrogens with zero attached hydrogens (tertiary/aromatic N) is 2. The van der Waals surface area contributed by atoms with E-state index >= 15 is 0 Å². The van der Waals surface area contributed by atoms with Gasteiger partial charge in [-0.15, -0.1) is 0 Å². The lowest BCUT2D eigenvalue weighted by Gasteiger charge is -2.16. The van der Waals surface area contributed by atoms with Gasteiger partial charge in [0.25, 0.3) is 0 Å². The van der Waals surface area contributed by atoms with Crippen molar-refractivity contribution in [3.05, 3.63) is 36.0 Å². The lowest BCUT2D eigenvalue weighted by molar-refractivity contribution is 0.418. The van der Waals surface area contributed by atoms with Crippen molar-refractivity contribution >= 4 is 10.9 Å². The molecule has 1 aromatic heterocycles. The lowest BCUT2D eigenvalue weighted by Crippen LogP contribution is -2.13. The Morgan fingerprint density at radius 3 is 2.81 bits per heavy atom. The summed E-state index contributed by atoms with van der Waals surface area (Å²) in [6.45, 7) is 9.00. The number of fused-ring (bicyclic) bond motifs is 1. The predicted molar refractivity (Wildman–Crippen MR) is 87.9 cm³/mol. The molecule has 0 radical (unpaired) electrons. The van der Waals surface area contributed by atoms with Crippen LogP contribution in [0, 0.1) is 16.7 Å². The van der Waals surface area contributed by atoms with Crippen LogP contribution in [-0.4, -0.2) is 11.1 Å². The van der Waals surface area contributed by atoms with Gasteiger partial charge in [-0.05, 0) is 50.2 Å². The summed E-state index contributed by atoms with van der Waals surface area (Å²) in [4.78, 5) is 0. The van der Waals surface area contributed by atoms with Crippen LogP contribution >= 0.6 is 0 Å². The first-order chi connectivity index (χ1) is 10.1. The average Bonchev–Trinajstić information content (AvgIpc) is 2.89. The van der Waals surface area contributed by atoms with Crippen LogP contribution in [0.3, 0.4) is 0 Å². The van der Waals surface area contributed by atoms with E-state index in [1.165, 1.54) is 16.5 Å². The van der Waals surface area contributed by atoms with Crippen LogP contribution < -0.4 is 5.32 Å². The molecule has 2 rings (SSSR count). The monoisotopic (exact) mass is 283 g/mol. The first-order valence-corrected chi connectivity index (χ1v) is 7.76. The van der Waals surface area contributed by atoms with Gasteiger partial charge in [-0.3, -0.25) is 0 Å². The Morgan fingerprint density at radius 1 is 1.29 bits per heavy atom. The molecule has 0 unspecified atom stereocenters. The quantitative estimate of drug-likeness (QED) is 0.831. The molecule has 0 amide bonds. The van der Waals surface area contributed by atoms with Crippen LogP contribution in [0.1, 0.15) is 39.2 Å². The second kappa shape index (κ2) is 6.78. The van der Waals surface area contributed by atoms with Crippen molar-refractivity contribution in [1.29, 1.82) is 5.26 Å². The van der Waals surface area contributed by atoms with Crippen molar-refractivity contribution in [3.8, 4) is 6.07 Å². The maximum atomic E-state index is 9.10. The van der Waals surface area contributed by atoms with Gasteiger partial charge in [-0.1, -0.05) is 25.1 Å². The molecule has 0 fully saturated rings. The molecule has 3 heteroatoms. The summed E-state index contributed by atoms with van der Waals surface area (Å²) in [6, 6.07) is 11.0. The summed E-state index contributed by atoms with van der Waals surface area (Å²) < 4.78 is 2.33. The summed E-state index contributed by atoms with van der Waals surface area (Å²) in [5.74, 6) is 0. The van der Waals surface area contributed by atoms with E-state index < -0.39 is 0 Å². The van der Waals surface area contributed by atoms with Crippen LogP contribution in [0.4, 0.5) is 0 Å². The molecule has 2 aromatic rings. The number of rotatable bonds is 7. The minimum absolute atomic E-state index is 0.227. The molecule has 0 saturated carbocycles. The van der Waals surface area contributed by atoms with Gasteiger partial charge < -0.3 is 9.88 Å². The number of nitriles is 1. The molecular weight excluding hydrogens is 258 g/mol. The first kappa shape index (κ1) is 15.6. The number of aryl methyl sites for hydroxylation is 1. The van der Waals surface area contributed by atoms with Gasteiger partial charge in [0.1, 0.15) is 0 Å². The first-order valence-electron chi connectivity index (χ1n) is 7.76. The molecule has 0 aliphatic carbocycles. The molecule has 0 spiro atoms. The fraction of sp³-hybridized carbons (Fsp3) is 0.500. The van der Waals surface area contributed by atoms with E-state index in [0.717, 1.165) is 32.5 Å². The summed E-state index contributed by atoms with van der Waals surface area (Å²) in [5, 5.41) is 13.8. The predicted octanol–water partition coefficient (Wildman–Crippen LogP) is 4.08. The van der Waals surface area contributed by atoms with Gasteiger partial charge in [0.2, 0.25) is 0 Å². The summed E-state index contributed by atoms with van der Waals surface area (Å²) in [7, 11) is 0. The molecule has 1 heterocycles. The zero-order valence-electron chi connectivity index (χ0n) is 13.3. The molecule has 21 heavy (non-hydrogen) atoms. The molecule has 0 bridgehead atoms. The summed E-state index contributed by atoms with van der Waals surface area (Å²) >= 11 is 0. The van der Waals surface area contributed by atoms with Crippen LogP contribution in [0.25, 0.3) is 10.9 Å². The van der Waals surface area contributed by atoms with Gasteiger partial charge in [0.05, 0.1) is 17.0 Å². The van der Waals surface area contributed by atoms with E-state index in [4.69, 9.17) is 5.26 Å². The standard InChI is InChI=1S/C18H25N3/c1-4-20-13-16-8-5-7-15-9-12-21(17(15)16)11-6-10-18(2,3)14-19/h5,7-9,12,20H,4,6,10-11,13H2,1-3H3. The molecule has 0 aliphatic heterocycles. The lowest BCUT2D eigenvalue weighted by atomic mass is 9.90. The maximum absolute atomic E-state index is 9.10. The average molecular weight is 283 g/mol. The van der Waals surface area contributed by atoms with Gasteiger partial charge in [0, 0.05) is 19.3 Å². The van der Waals surface area contributed by atoms with E-state index in [0.29, 0.717) is 0 Å². The summed E-state index contributed by atoms with van der Waals surface area (Å²) in [5.41, 5.74) is 2.45. The number of hydrogen-bond acceptors (Lipinski definition) is 2. The van der Waals surface area contributed by atoms with Crippen molar-refractivity contribution in [3.63, 3.8) is 0 Å². The Balaban J connectivity index is 2.15. The van der Waals surface area contributed by atoms with E-state index in [9.17, 15) is 0 Å². The van der Waals surface area contributed by atoms with Crippen molar-refractivity contribution in [2.75, 3.05) is 6.54 Å². The highest BCUT2D eigenvalue weighted by molar-refractivity contribution is 5.83. The molecular formula is C18H25N3. The molecule has 1 N–H and O–H groups in total. The molecule has 0 saturated heterocycles. The topological polar surface area (TPSA) is 40.8 Å². The molecule has 0 aliphatic rings. The Bertz CT molecular complexity index is 631. The van der Waals surface area contributed by atoms with Crippen molar-refractivity contribution in [1.82, 2.24) is 9.88 Å². The highest BCUT2D eigenvalue weighted by Gasteiger charge is 2.16. The van der Waals surface area contributed by atoms with Crippen LogP contribution in [-0.2, 0) is 13.1 Å². The van der Waals surface area contributed by atoms with E-state index in [1.807, 2.05) is 13.8 Å². The molecule has 1 aromatic carbocycles. The summed E-state index contributed by atoms with van der Waals surface area (Å²) in [6.07, 6.45) is 4.12. The third-order valence-corrected chi connectivity index (χ3v) is 3.94. The maximum Gasteiger partial charge on any atom is 0.0683 e. The van der Waals surface area contributed by atoms with Gasteiger partial charge in [0.15, 0.2) is 0 Å². The van der Waals surface area contributed by atoms with Gasteiger partial charge in [-0.2, -0.15) is 5.26 Å². The second-order valence-corrected chi connectivity index (χ2v) is 6.24. The van der Waals surface area contributed by atoms with Crippen molar-refractivity contribution in [2.24, 2.45) is 5.41 Å². The fourth-order valence-corrected chi connectivity index (χ4v) is 2.68. The largest absolute Gasteiger partial charge is 0.347 e. The second-order valence-electron chi connectivity index (χ2n) is 6.24. The van der Waals surface area contributed by atoms with Crippen LogP contribution in [0.5, 0.6) is 0 Å². The van der Waals surface area contributed by atoms with Crippen molar-refractivity contribution < 1.29 is 0 Å². The third-order valence-electron chi connectivity index (χ3n) is 3.94. The highest BCUT2D eigenvalue weighted by Crippen LogP contribution is 2.24. The zero-order chi connectivity index (χ0) is 15.3. The highest BCUT2D eigenvalue weighted by atomic mass is 15.0. The van der Waals surface area contributed by atoms with E-state index in [-0.39, 0.29) is 5.41 Å². The van der Waals surface area contributed by atoms with Crippen LogP contribution in [0.15, 0.2) is 30.5 Å². The van der Waals surface area contributed by atoms with E-state index in [2.05, 4.69) is 53.3 Å². The SMILES string of the molecule is CCNCc1cccc2ccn(CCCC(C)(C)C#N)c12. The number of hydrogen-bond donors (Lipinski definition) is 1. The molecule has 112 valence electrons. The minimum Gasteiger partial charge on any atom is -0.347 e. The number of benzene rings is 1. The number of nitrogens with one attached hydrogen (secondary N) is 1. The Hall–Kier alpha value is -1.79. The normalized spacial score (nSPS) is 11.7.